The third-order valence-electron chi connectivity index (χ3n) is 3.88. The maximum Gasteiger partial charge on any atom is 0.337 e. The molecule has 3 rings (SSSR count). The number of aliphatic hydroxyl groups excluding tert-OH is 1. The molecule has 1 N–H and O–H groups in total. The third kappa shape index (κ3) is 1.21. The summed E-state index contributed by atoms with van der Waals surface area (Å²) in [5, 5.41) is 9.80. The SMILES string of the molecule is COC(=O)c1ccc2c(c1)[C@@H]1C[C@H](O)[C@H]2C1. The first kappa shape index (κ1) is 9.85. The minimum Gasteiger partial charge on any atom is -0.465 e. The third-order valence-corrected chi connectivity index (χ3v) is 3.88. The van der Waals surface area contributed by atoms with E-state index in [4.69, 9.17) is 4.74 Å². The van der Waals surface area contributed by atoms with Crippen LogP contribution in [0.1, 0.15) is 46.2 Å². The van der Waals surface area contributed by atoms with Gasteiger partial charge in [-0.2, -0.15) is 0 Å². The summed E-state index contributed by atoms with van der Waals surface area (Å²) in [4.78, 5) is 11.4. The molecule has 16 heavy (non-hydrogen) atoms. The van der Waals surface area contributed by atoms with Crippen molar-refractivity contribution in [3.8, 4) is 0 Å². The Hall–Kier alpha value is -1.35. The van der Waals surface area contributed by atoms with E-state index >= 15 is 0 Å². The van der Waals surface area contributed by atoms with E-state index in [0.717, 1.165) is 12.8 Å². The van der Waals surface area contributed by atoms with Crippen molar-refractivity contribution < 1.29 is 14.6 Å². The number of esters is 1. The van der Waals surface area contributed by atoms with Crippen LogP contribution >= 0.6 is 0 Å². The highest BCUT2D eigenvalue weighted by Gasteiger charge is 2.43. The molecule has 1 aromatic carbocycles. The van der Waals surface area contributed by atoms with E-state index in [1.807, 2.05) is 12.1 Å². The van der Waals surface area contributed by atoms with Gasteiger partial charge < -0.3 is 9.84 Å². The fourth-order valence-electron chi connectivity index (χ4n) is 3.11. The zero-order valence-corrected chi connectivity index (χ0v) is 9.14. The van der Waals surface area contributed by atoms with Gasteiger partial charge >= 0.3 is 5.97 Å². The molecule has 0 saturated heterocycles. The molecule has 3 heteroatoms. The van der Waals surface area contributed by atoms with Crippen LogP contribution in [0, 0.1) is 0 Å². The molecule has 1 saturated carbocycles. The largest absolute Gasteiger partial charge is 0.465 e. The molecule has 0 amide bonds. The number of rotatable bonds is 1. The van der Waals surface area contributed by atoms with E-state index in [-0.39, 0.29) is 18.0 Å². The smallest absolute Gasteiger partial charge is 0.337 e. The Kier molecular flexibility index (Phi) is 2.04. The van der Waals surface area contributed by atoms with Crippen LogP contribution in [0.4, 0.5) is 0 Å². The van der Waals surface area contributed by atoms with Gasteiger partial charge in [0.25, 0.3) is 0 Å². The molecule has 3 atom stereocenters. The summed E-state index contributed by atoms with van der Waals surface area (Å²) in [5.74, 6) is 0.428. The Balaban J connectivity index is 2.03. The molecular formula is C13H14O3. The van der Waals surface area contributed by atoms with Crippen LogP contribution in [0.2, 0.25) is 0 Å². The maximum atomic E-state index is 11.4. The first-order valence-corrected chi connectivity index (χ1v) is 5.61. The number of carbonyl (C=O) groups excluding carboxylic acids is 1. The average molecular weight is 218 g/mol. The van der Waals surface area contributed by atoms with E-state index in [1.54, 1.807) is 6.07 Å². The summed E-state index contributed by atoms with van der Waals surface area (Å²) in [6.45, 7) is 0. The highest BCUT2D eigenvalue weighted by atomic mass is 16.5. The van der Waals surface area contributed by atoms with Gasteiger partial charge in [-0.15, -0.1) is 0 Å². The number of fused-ring (bicyclic) bond motifs is 5. The first-order chi connectivity index (χ1) is 7.70. The van der Waals surface area contributed by atoms with Gasteiger partial charge in [0.1, 0.15) is 0 Å². The minimum absolute atomic E-state index is 0.193. The number of hydrogen-bond acceptors (Lipinski definition) is 3. The molecule has 0 spiro atoms. The van der Waals surface area contributed by atoms with E-state index < -0.39 is 0 Å². The second-order valence-electron chi connectivity index (χ2n) is 4.68. The van der Waals surface area contributed by atoms with Crippen molar-refractivity contribution in [2.75, 3.05) is 7.11 Å². The van der Waals surface area contributed by atoms with Gasteiger partial charge in [-0.05, 0) is 42.0 Å². The zero-order chi connectivity index (χ0) is 11.3. The second-order valence-corrected chi connectivity index (χ2v) is 4.68. The van der Waals surface area contributed by atoms with Gasteiger partial charge in [0, 0.05) is 5.92 Å². The van der Waals surface area contributed by atoms with Gasteiger partial charge in [0.05, 0.1) is 18.8 Å². The molecule has 3 nitrogen and oxygen atoms in total. The van der Waals surface area contributed by atoms with Crippen LogP contribution in [-0.4, -0.2) is 24.3 Å². The number of methoxy groups -OCH3 is 1. The van der Waals surface area contributed by atoms with Crippen LogP contribution in [0.15, 0.2) is 18.2 Å². The summed E-state index contributed by atoms with van der Waals surface area (Å²) in [5.41, 5.74) is 3.07. The Bertz CT molecular complexity index is 452. The second kappa shape index (κ2) is 3.32. The normalized spacial score (nSPS) is 30.2. The number of carbonyl (C=O) groups is 1. The molecule has 1 fully saturated rings. The molecular weight excluding hydrogens is 204 g/mol. The van der Waals surface area contributed by atoms with Crippen molar-refractivity contribution in [2.24, 2.45) is 0 Å². The van der Waals surface area contributed by atoms with Crippen LogP contribution < -0.4 is 0 Å². The highest BCUT2D eigenvalue weighted by Crippen LogP contribution is 2.53. The van der Waals surface area contributed by atoms with Crippen LogP contribution in [0.3, 0.4) is 0 Å². The van der Waals surface area contributed by atoms with E-state index in [0.29, 0.717) is 11.5 Å². The molecule has 2 aliphatic rings. The van der Waals surface area contributed by atoms with E-state index in [1.165, 1.54) is 18.2 Å². The van der Waals surface area contributed by atoms with E-state index in [9.17, 15) is 9.90 Å². The topological polar surface area (TPSA) is 46.5 Å². The summed E-state index contributed by atoms with van der Waals surface area (Å²) < 4.78 is 4.71. The Morgan fingerprint density at radius 2 is 2.19 bits per heavy atom. The Labute approximate surface area is 94.0 Å². The van der Waals surface area contributed by atoms with E-state index in [2.05, 4.69) is 0 Å². The summed E-state index contributed by atoms with van der Waals surface area (Å²) >= 11 is 0. The van der Waals surface area contributed by atoms with Gasteiger partial charge in [-0.1, -0.05) is 6.07 Å². The number of hydrogen-bond donors (Lipinski definition) is 1. The van der Waals surface area contributed by atoms with Gasteiger partial charge in [0.2, 0.25) is 0 Å². The van der Waals surface area contributed by atoms with Crippen molar-refractivity contribution >= 4 is 5.97 Å². The molecule has 0 radical (unpaired) electrons. The average Bonchev–Trinajstić information content (AvgIpc) is 2.85. The van der Waals surface area contributed by atoms with Crippen molar-refractivity contribution in [1.29, 1.82) is 0 Å². The summed E-state index contributed by atoms with van der Waals surface area (Å²) in [7, 11) is 1.39. The van der Waals surface area contributed by atoms with Crippen molar-refractivity contribution in [1.82, 2.24) is 0 Å². The summed E-state index contributed by atoms with van der Waals surface area (Å²) in [6, 6.07) is 5.68. The standard InChI is InChI=1S/C13H14O3/c1-16-13(15)7-2-3-9-10(4-7)8-5-11(9)12(14)6-8/h2-4,8,11-12,14H,5-6H2,1H3/t8-,11-,12-/m0/s1. The Morgan fingerprint density at radius 3 is 2.94 bits per heavy atom. The van der Waals surface area contributed by atoms with Crippen LogP contribution in [-0.2, 0) is 4.74 Å². The highest BCUT2D eigenvalue weighted by molar-refractivity contribution is 5.89. The molecule has 0 heterocycles. The number of aliphatic hydroxyl groups is 1. The van der Waals surface area contributed by atoms with Crippen molar-refractivity contribution in [3.63, 3.8) is 0 Å². The predicted octanol–water partition coefficient (Wildman–Crippen LogP) is 1.81. The quantitative estimate of drug-likeness (QED) is 0.731. The monoisotopic (exact) mass is 218 g/mol. The van der Waals surface area contributed by atoms with Gasteiger partial charge in [-0.25, -0.2) is 4.79 Å². The number of ether oxygens (including phenoxy) is 1. The van der Waals surface area contributed by atoms with Gasteiger partial charge in [-0.3, -0.25) is 0 Å². The number of benzene rings is 1. The lowest BCUT2D eigenvalue weighted by Gasteiger charge is -2.20. The predicted molar refractivity (Wildman–Crippen MR) is 58.5 cm³/mol. The minimum atomic E-state index is -0.286. The van der Waals surface area contributed by atoms with Crippen molar-refractivity contribution in [3.05, 3.63) is 34.9 Å². The maximum absolute atomic E-state index is 11.4. The lowest BCUT2D eigenvalue weighted by atomic mass is 9.89. The Morgan fingerprint density at radius 1 is 1.38 bits per heavy atom. The van der Waals surface area contributed by atoms with Gasteiger partial charge in [0.15, 0.2) is 0 Å². The lowest BCUT2D eigenvalue weighted by molar-refractivity contribution is 0.0600. The molecule has 1 aromatic rings. The van der Waals surface area contributed by atoms with Crippen LogP contribution in [0.5, 0.6) is 0 Å². The lowest BCUT2D eigenvalue weighted by Crippen LogP contribution is -2.15. The fraction of sp³-hybridized carbons (Fsp3) is 0.462. The first-order valence-electron chi connectivity index (χ1n) is 5.61. The molecule has 0 unspecified atom stereocenters. The fourth-order valence-corrected chi connectivity index (χ4v) is 3.11. The van der Waals surface area contributed by atoms with Crippen LogP contribution in [0.25, 0.3) is 0 Å². The molecule has 0 aliphatic heterocycles. The molecule has 2 aliphatic carbocycles. The molecule has 2 bridgehead atoms. The van der Waals surface area contributed by atoms with Crippen molar-refractivity contribution in [2.45, 2.75) is 30.8 Å². The zero-order valence-electron chi connectivity index (χ0n) is 9.14. The summed E-state index contributed by atoms with van der Waals surface area (Å²) in [6.07, 6.45) is 1.67. The molecule has 84 valence electrons. The molecule has 0 aromatic heterocycles.